The lowest BCUT2D eigenvalue weighted by atomic mass is 10.1. The number of nitrogens with zero attached hydrogens (tertiary/aromatic N) is 7. The average molecular weight is 1050 g/mol. The smallest absolute Gasteiger partial charge is 0.464 e. The van der Waals surface area contributed by atoms with Gasteiger partial charge in [-0.05, 0) is 42.4 Å². The van der Waals surface area contributed by atoms with Crippen molar-refractivity contribution in [2.24, 2.45) is 0 Å². The number of alkyl halides is 1. The quantitative estimate of drug-likeness (QED) is 0.0305. The number of hydrogen-bond acceptors (Lipinski definition) is 19. The Balaban J connectivity index is 1.31. The van der Waals surface area contributed by atoms with Gasteiger partial charge in [0.15, 0.2) is 49.5 Å². The zero-order chi connectivity index (χ0) is 51.2. The monoisotopic (exact) mass is 1050 g/mol. The number of carbonyl (C=O) groups is 2. The zero-order valence-corrected chi connectivity index (χ0v) is 44.1. The topological polar surface area (TPSA) is 289 Å². The standard InChI is InChI=1S/C42H59FN8O15P2Si2/c1-42(2,3)70(8,9)66-36-33(28-20-27(41(54)58-4)49-51(28)25-59-18-19-69(5,6)7)62-29(21-52)35(36)65-68(57,60-17-13-16-44)61-22-30-34(64-67(55)56)31(43)40(63-30)50-24-47-32-37(45-23-46-38(32)50)48-39(53)26-14-11-10-12-15-26/h10-12,14-15,20,23-24,29-31,33-36,40,52H,13,17-19,21-22,25H2,1-9H3,(H-,45,46,48,53,55,56)/p+1/t29-,30-,31-,33+,34-,35-,36+,40-,68?/m1/s1. The minimum Gasteiger partial charge on any atom is -0.464 e. The van der Waals surface area contributed by atoms with Crippen molar-refractivity contribution in [1.82, 2.24) is 29.3 Å². The minimum absolute atomic E-state index is 0.000889. The fraction of sp³-hybridized carbons (Fsp3) is 0.595. The predicted octanol–water partition coefficient (Wildman–Crippen LogP) is 6.61. The number of rotatable bonds is 23. The van der Waals surface area contributed by atoms with Crippen molar-refractivity contribution in [2.45, 2.75) is 127 Å². The van der Waals surface area contributed by atoms with Crippen LogP contribution in [-0.2, 0) is 57.3 Å². The summed E-state index contributed by atoms with van der Waals surface area (Å²) in [6.07, 6.45) is -10.4. The number of aliphatic hydroxyl groups is 1. The number of aromatic nitrogens is 6. The third-order valence-corrected chi connectivity index (χ3v) is 20.0. The molecule has 4 aromatic rings. The van der Waals surface area contributed by atoms with Crippen LogP contribution in [0.1, 0.15) is 66.1 Å². The van der Waals surface area contributed by atoms with Crippen LogP contribution < -0.4 is 5.32 Å². The number of amides is 1. The highest BCUT2D eigenvalue weighted by atomic mass is 31.2. The van der Waals surface area contributed by atoms with E-state index < -0.39 is 118 Å². The van der Waals surface area contributed by atoms with Gasteiger partial charge in [0, 0.05) is 24.8 Å². The van der Waals surface area contributed by atoms with Crippen molar-refractivity contribution in [1.29, 1.82) is 5.26 Å². The van der Waals surface area contributed by atoms with Crippen LogP contribution in [0.5, 0.6) is 0 Å². The number of methoxy groups -OCH3 is 1. The molecule has 2 saturated heterocycles. The number of phosphoric acid groups is 1. The number of hydrogen-bond donors (Lipinski definition) is 3. The normalized spacial score (nSPS) is 24.1. The molecule has 2 aliphatic rings. The molecule has 5 heterocycles. The number of imidazole rings is 1. The summed E-state index contributed by atoms with van der Waals surface area (Å²) >= 11 is 0. The van der Waals surface area contributed by atoms with Gasteiger partial charge >= 0.3 is 22.0 Å². The number of carbonyl (C=O) groups excluding carboxylic acids is 2. The summed E-state index contributed by atoms with van der Waals surface area (Å²) in [7, 11) is -11.6. The van der Waals surface area contributed by atoms with Gasteiger partial charge in [-0.3, -0.25) is 22.9 Å². The molecular weight excluding hydrogens is 994 g/mol. The molecule has 23 nitrogen and oxygen atoms in total. The Morgan fingerprint density at radius 2 is 1.76 bits per heavy atom. The highest BCUT2D eigenvalue weighted by Gasteiger charge is 2.56. The van der Waals surface area contributed by atoms with Gasteiger partial charge in [-0.25, -0.2) is 33.4 Å². The van der Waals surface area contributed by atoms with Crippen molar-refractivity contribution in [3.8, 4) is 6.07 Å². The van der Waals surface area contributed by atoms with Crippen LogP contribution in [-0.4, -0.2) is 138 Å². The summed E-state index contributed by atoms with van der Waals surface area (Å²) in [6, 6.07) is 12.5. The summed E-state index contributed by atoms with van der Waals surface area (Å²) in [4.78, 5) is 48.3. The van der Waals surface area contributed by atoms with E-state index in [9.17, 15) is 34.0 Å². The maximum Gasteiger partial charge on any atom is 0.695 e. The molecule has 2 aliphatic heterocycles. The summed E-state index contributed by atoms with van der Waals surface area (Å²) < 4.78 is 99.6. The molecule has 1 amide bonds. The number of nitrogens with one attached hydrogen (secondary N) is 1. The lowest BCUT2D eigenvalue weighted by Crippen LogP contribution is -2.49. The molecule has 70 heavy (non-hydrogen) atoms. The van der Waals surface area contributed by atoms with Crippen molar-refractivity contribution >= 4 is 61.3 Å². The van der Waals surface area contributed by atoms with E-state index in [1.807, 2.05) is 39.9 Å². The fourth-order valence-electron chi connectivity index (χ4n) is 7.18. The SMILES string of the molecule is COC(=O)c1cc([C@@H]2O[C@H](CO)[C@@H](OP(=O)(OCCC#N)OC[C@H]3O[C@@H](n4cnc5c(NC(=O)c6ccccc6)ncnc54)[C@H](F)[C@@H]3O[P+](=O)O)[C@H]2O[Si](C)(C)C(C)(C)C)n(COCC[Si](C)(C)C)n1. The number of halogens is 1. The van der Waals surface area contributed by atoms with Gasteiger partial charge in [0.05, 0.1) is 51.4 Å². The number of esters is 1. The van der Waals surface area contributed by atoms with Gasteiger partial charge in [0.2, 0.25) is 0 Å². The van der Waals surface area contributed by atoms with Gasteiger partial charge < -0.3 is 33.8 Å². The molecule has 0 saturated carbocycles. The Bertz CT molecular complexity index is 2560. The van der Waals surface area contributed by atoms with Gasteiger partial charge in [-0.2, -0.15) is 10.4 Å². The van der Waals surface area contributed by atoms with Crippen LogP contribution >= 0.6 is 16.1 Å². The number of anilines is 1. The molecule has 28 heteroatoms. The molecule has 6 rings (SSSR count). The van der Waals surface area contributed by atoms with Crippen molar-refractivity contribution in [3.63, 3.8) is 0 Å². The number of benzene rings is 1. The molecule has 10 atom stereocenters. The van der Waals surface area contributed by atoms with Crippen LogP contribution in [0, 0.1) is 11.3 Å². The zero-order valence-electron chi connectivity index (χ0n) is 40.3. The minimum atomic E-state index is -4.97. The van der Waals surface area contributed by atoms with Crippen LogP contribution in [0.4, 0.5) is 10.2 Å². The number of fused-ring (bicyclic) bond motifs is 1. The van der Waals surface area contributed by atoms with E-state index in [1.165, 1.54) is 28.8 Å². The maximum atomic E-state index is 16.6. The number of phosphoric ester groups is 1. The molecule has 3 N–H and O–H groups in total. The van der Waals surface area contributed by atoms with Crippen molar-refractivity contribution in [2.75, 3.05) is 38.9 Å². The largest absolute Gasteiger partial charge is 0.695 e. The molecule has 2 fully saturated rings. The van der Waals surface area contributed by atoms with E-state index >= 15 is 4.39 Å². The first-order valence-electron chi connectivity index (χ1n) is 22.3. The van der Waals surface area contributed by atoms with E-state index in [1.54, 1.807) is 30.3 Å². The molecule has 0 spiro atoms. The Morgan fingerprint density at radius 3 is 2.40 bits per heavy atom. The summed E-state index contributed by atoms with van der Waals surface area (Å²) in [5.74, 6) is -1.25. The third-order valence-electron chi connectivity index (χ3n) is 11.9. The van der Waals surface area contributed by atoms with Gasteiger partial charge in [-0.15, -0.1) is 9.42 Å². The molecule has 382 valence electrons. The number of ether oxygens (including phenoxy) is 4. The van der Waals surface area contributed by atoms with Gasteiger partial charge in [-0.1, -0.05) is 58.6 Å². The van der Waals surface area contributed by atoms with E-state index in [4.69, 9.17) is 41.5 Å². The Morgan fingerprint density at radius 1 is 1.03 bits per heavy atom. The van der Waals surface area contributed by atoms with E-state index in [0.717, 1.165) is 12.4 Å². The second-order valence-electron chi connectivity index (χ2n) is 19.2. The molecule has 3 aromatic heterocycles. The molecule has 0 aliphatic carbocycles. The Labute approximate surface area is 406 Å². The second kappa shape index (κ2) is 23.1. The molecule has 1 aromatic carbocycles. The second-order valence-corrected chi connectivity index (χ2v) is 31.8. The van der Waals surface area contributed by atoms with Crippen molar-refractivity contribution < 1.29 is 74.6 Å². The molecule has 0 radical (unpaired) electrons. The Hall–Kier alpha value is -4.30. The first kappa shape index (κ1) is 55.0. The Kier molecular flexibility index (Phi) is 18.1. The summed E-state index contributed by atoms with van der Waals surface area (Å²) in [5, 5.41) is 26.9. The lowest BCUT2D eigenvalue weighted by molar-refractivity contribution is -0.0550. The van der Waals surface area contributed by atoms with E-state index in [-0.39, 0.29) is 41.5 Å². The average Bonchev–Trinajstić information content (AvgIpc) is 4.07. The number of aliphatic hydroxyl groups excluding tert-OH is 1. The van der Waals surface area contributed by atoms with Gasteiger partial charge in [0.25, 0.3) is 5.91 Å². The van der Waals surface area contributed by atoms with Crippen LogP contribution in [0.2, 0.25) is 43.8 Å². The first-order chi connectivity index (χ1) is 33.0. The fourth-order valence-corrected chi connectivity index (χ4v) is 11.1. The summed E-state index contributed by atoms with van der Waals surface area (Å²) in [6.45, 7) is 14.7. The van der Waals surface area contributed by atoms with E-state index in [2.05, 4.69) is 45.0 Å². The lowest BCUT2D eigenvalue weighted by Gasteiger charge is -2.40. The molecular formula is C42H60FN8O15P2Si2+. The number of nitriles is 1. The molecule has 0 bridgehead atoms. The van der Waals surface area contributed by atoms with Crippen LogP contribution in [0.15, 0.2) is 49.1 Å². The highest BCUT2D eigenvalue weighted by molar-refractivity contribution is 7.48. The van der Waals surface area contributed by atoms with Crippen molar-refractivity contribution in [3.05, 3.63) is 66.0 Å². The predicted molar refractivity (Wildman–Crippen MR) is 252 cm³/mol. The highest BCUT2D eigenvalue weighted by Crippen LogP contribution is 2.56. The first-order valence-corrected chi connectivity index (χ1v) is 31.5. The third kappa shape index (κ3) is 13.2. The molecule has 2 unspecified atom stereocenters. The van der Waals surface area contributed by atoms with Crippen LogP contribution in [0.25, 0.3) is 11.2 Å². The van der Waals surface area contributed by atoms with Crippen LogP contribution in [0.3, 0.4) is 0 Å². The van der Waals surface area contributed by atoms with E-state index in [0.29, 0.717) is 12.2 Å². The summed E-state index contributed by atoms with van der Waals surface area (Å²) in [5.41, 5.74) is 0.597. The van der Waals surface area contributed by atoms with Gasteiger partial charge in [0.1, 0.15) is 43.6 Å². The maximum absolute atomic E-state index is 16.6.